The van der Waals surface area contributed by atoms with Gasteiger partial charge in [0.05, 0.1) is 9.73 Å². The molecule has 80 valence electrons. The molecule has 0 aliphatic heterocycles. The number of aryl methyl sites for hydroxylation is 2. The molecule has 0 aliphatic carbocycles. The van der Waals surface area contributed by atoms with E-state index in [0.717, 1.165) is 11.3 Å². The van der Waals surface area contributed by atoms with Crippen molar-refractivity contribution in [1.82, 2.24) is 4.98 Å². The van der Waals surface area contributed by atoms with E-state index in [1.54, 1.807) is 12.4 Å². The van der Waals surface area contributed by atoms with Crippen LogP contribution in [-0.2, 0) is 16.1 Å². The Hall–Kier alpha value is -1.41. The van der Waals surface area contributed by atoms with E-state index < -0.39 is 9.73 Å². The standard InChI is InChI=1S/C10H13N3OS/c1-9-3-4-10(7-12-9)5-6-15(2,14)13-8-11/h3-4,7H,5-6H2,1-2H3. The van der Waals surface area contributed by atoms with Gasteiger partial charge >= 0.3 is 0 Å². The summed E-state index contributed by atoms with van der Waals surface area (Å²) in [7, 11) is -2.35. The Labute approximate surface area is 90.1 Å². The summed E-state index contributed by atoms with van der Waals surface area (Å²) in [5.41, 5.74) is 1.97. The maximum atomic E-state index is 11.6. The number of nitrogens with zero attached hydrogens (tertiary/aromatic N) is 3. The Morgan fingerprint density at radius 2 is 2.33 bits per heavy atom. The van der Waals surface area contributed by atoms with Gasteiger partial charge in [-0.15, -0.1) is 4.36 Å². The molecule has 1 rings (SSSR count). The molecular formula is C10H13N3OS. The predicted octanol–water partition coefficient (Wildman–Crippen LogP) is 1.51. The van der Waals surface area contributed by atoms with Crippen LogP contribution >= 0.6 is 0 Å². The second-order valence-electron chi connectivity index (χ2n) is 3.41. The monoisotopic (exact) mass is 223 g/mol. The zero-order chi connectivity index (χ0) is 11.3. The number of aromatic nitrogens is 1. The van der Waals surface area contributed by atoms with Crippen LogP contribution in [0.1, 0.15) is 11.3 Å². The summed E-state index contributed by atoms with van der Waals surface area (Å²) in [6, 6.07) is 3.86. The molecule has 0 saturated carbocycles. The van der Waals surface area contributed by atoms with E-state index in [1.165, 1.54) is 6.26 Å². The van der Waals surface area contributed by atoms with Crippen LogP contribution in [0.4, 0.5) is 0 Å². The third kappa shape index (κ3) is 4.09. The second-order valence-corrected chi connectivity index (χ2v) is 5.92. The van der Waals surface area contributed by atoms with Crippen LogP contribution in [0.15, 0.2) is 22.7 Å². The van der Waals surface area contributed by atoms with Gasteiger partial charge in [0.2, 0.25) is 6.19 Å². The Bertz CT molecular complexity index is 478. The quantitative estimate of drug-likeness (QED) is 0.729. The minimum Gasteiger partial charge on any atom is -0.261 e. The van der Waals surface area contributed by atoms with Crippen molar-refractivity contribution < 1.29 is 4.21 Å². The molecule has 1 unspecified atom stereocenters. The SMILES string of the molecule is Cc1ccc(CCS(C)(=O)=NC#N)cn1. The van der Waals surface area contributed by atoms with Crippen molar-refractivity contribution in [2.45, 2.75) is 13.3 Å². The summed E-state index contributed by atoms with van der Waals surface area (Å²) in [6.45, 7) is 1.91. The molecule has 1 heterocycles. The first-order valence-corrected chi connectivity index (χ1v) is 6.62. The van der Waals surface area contributed by atoms with Crippen molar-refractivity contribution in [3.63, 3.8) is 0 Å². The highest BCUT2D eigenvalue weighted by molar-refractivity contribution is 7.93. The molecule has 0 saturated heterocycles. The van der Waals surface area contributed by atoms with Gasteiger partial charge in [0.25, 0.3) is 0 Å². The predicted molar refractivity (Wildman–Crippen MR) is 59.7 cm³/mol. The summed E-state index contributed by atoms with van der Waals surface area (Å²) in [4.78, 5) is 4.14. The van der Waals surface area contributed by atoms with Gasteiger partial charge in [-0.2, -0.15) is 5.26 Å². The molecule has 0 aliphatic rings. The van der Waals surface area contributed by atoms with Crippen LogP contribution in [0.5, 0.6) is 0 Å². The Morgan fingerprint density at radius 3 is 2.87 bits per heavy atom. The fourth-order valence-electron chi connectivity index (χ4n) is 1.09. The second kappa shape index (κ2) is 4.89. The van der Waals surface area contributed by atoms with Crippen LogP contribution in [-0.4, -0.2) is 21.2 Å². The molecule has 15 heavy (non-hydrogen) atoms. The summed E-state index contributed by atoms with van der Waals surface area (Å²) in [5, 5.41) is 8.33. The summed E-state index contributed by atoms with van der Waals surface area (Å²) < 4.78 is 15.0. The highest BCUT2D eigenvalue weighted by atomic mass is 32.2. The van der Waals surface area contributed by atoms with Crippen molar-refractivity contribution in [3.8, 4) is 6.19 Å². The normalized spacial score (nSPS) is 13.9. The van der Waals surface area contributed by atoms with E-state index in [0.29, 0.717) is 12.2 Å². The molecule has 0 bridgehead atoms. The Kier molecular flexibility index (Phi) is 3.81. The van der Waals surface area contributed by atoms with Crippen LogP contribution in [0.3, 0.4) is 0 Å². The minimum absolute atomic E-state index is 0.394. The maximum absolute atomic E-state index is 11.6. The largest absolute Gasteiger partial charge is 0.261 e. The lowest BCUT2D eigenvalue weighted by atomic mass is 10.2. The molecule has 0 radical (unpaired) electrons. The molecule has 1 atom stereocenters. The van der Waals surface area contributed by atoms with E-state index in [4.69, 9.17) is 5.26 Å². The number of nitriles is 1. The van der Waals surface area contributed by atoms with Crippen molar-refractivity contribution >= 4 is 9.73 Å². The lowest BCUT2D eigenvalue weighted by Crippen LogP contribution is -2.06. The highest BCUT2D eigenvalue weighted by Crippen LogP contribution is 2.03. The number of hydrogen-bond donors (Lipinski definition) is 0. The smallest absolute Gasteiger partial charge is 0.214 e. The maximum Gasteiger partial charge on any atom is 0.214 e. The Morgan fingerprint density at radius 1 is 1.60 bits per heavy atom. The minimum atomic E-state index is -2.35. The van der Waals surface area contributed by atoms with Gasteiger partial charge in [0.15, 0.2) is 0 Å². The van der Waals surface area contributed by atoms with Gasteiger partial charge in [-0.3, -0.25) is 4.98 Å². The van der Waals surface area contributed by atoms with E-state index >= 15 is 0 Å². The molecule has 0 spiro atoms. The van der Waals surface area contributed by atoms with Crippen molar-refractivity contribution in [2.24, 2.45) is 4.36 Å². The van der Waals surface area contributed by atoms with Gasteiger partial charge < -0.3 is 0 Å². The lowest BCUT2D eigenvalue weighted by Gasteiger charge is -2.02. The number of rotatable bonds is 3. The van der Waals surface area contributed by atoms with Crippen molar-refractivity contribution in [1.29, 1.82) is 5.26 Å². The molecule has 1 aromatic rings. The molecule has 1 aromatic heterocycles. The van der Waals surface area contributed by atoms with Gasteiger partial charge in [-0.25, -0.2) is 4.21 Å². The summed E-state index contributed by atoms with van der Waals surface area (Å²) >= 11 is 0. The van der Waals surface area contributed by atoms with Crippen molar-refractivity contribution in [3.05, 3.63) is 29.6 Å². The first kappa shape index (κ1) is 11.7. The van der Waals surface area contributed by atoms with Gasteiger partial charge in [-0.1, -0.05) is 6.07 Å². The zero-order valence-corrected chi connectivity index (χ0v) is 9.62. The van der Waals surface area contributed by atoms with Crippen LogP contribution in [0.25, 0.3) is 0 Å². The van der Waals surface area contributed by atoms with Gasteiger partial charge in [0.1, 0.15) is 0 Å². The molecule has 0 N–H and O–H groups in total. The molecule has 0 fully saturated rings. The Balaban J connectivity index is 2.67. The van der Waals surface area contributed by atoms with E-state index in [9.17, 15) is 4.21 Å². The third-order valence-corrected chi connectivity index (χ3v) is 3.41. The molecule has 0 aromatic carbocycles. The topological polar surface area (TPSA) is 66.1 Å². The zero-order valence-electron chi connectivity index (χ0n) is 8.80. The highest BCUT2D eigenvalue weighted by Gasteiger charge is 2.02. The van der Waals surface area contributed by atoms with Gasteiger partial charge in [-0.05, 0) is 25.0 Å². The van der Waals surface area contributed by atoms with Crippen LogP contribution in [0, 0.1) is 18.4 Å². The molecule has 0 amide bonds. The first-order chi connectivity index (χ1) is 7.03. The van der Waals surface area contributed by atoms with Crippen molar-refractivity contribution in [2.75, 3.05) is 12.0 Å². The number of hydrogen-bond acceptors (Lipinski definition) is 4. The fraction of sp³-hybridized carbons (Fsp3) is 0.400. The summed E-state index contributed by atoms with van der Waals surface area (Å²) in [5.74, 6) is 0.394. The lowest BCUT2D eigenvalue weighted by molar-refractivity contribution is 0.680. The average Bonchev–Trinajstić information content (AvgIpc) is 2.17. The third-order valence-electron chi connectivity index (χ3n) is 1.98. The molecule has 4 nitrogen and oxygen atoms in total. The average molecular weight is 223 g/mol. The summed E-state index contributed by atoms with van der Waals surface area (Å²) in [6.07, 6.45) is 5.48. The van der Waals surface area contributed by atoms with Crippen LogP contribution in [0.2, 0.25) is 0 Å². The number of pyridine rings is 1. The van der Waals surface area contributed by atoms with E-state index in [2.05, 4.69) is 9.35 Å². The van der Waals surface area contributed by atoms with E-state index in [1.807, 2.05) is 19.1 Å². The molecule has 5 heteroatoms. The van der Waals surface area contributed by atoms with E-state index in [-0.39, 0.29) is 0 Å². The fourth-order valence-corrected chi connectivity index (χ4v) is 1.96. The first-order valence-electron chi connectivity index (χ1n) is 4.53. The van der Waals surface area contributed by atoms with Gasteiger partial charge in [0, 0.05) is 23.9 Å². The van der Waals surface area contributed by atoms with Crippen LogP contribution < -0.4 is 0 Å². The molecular weight excluding hydrogens is 210 g/mol.